The number of hydrogen-bond donors (Lipinski definition) is 3. The minimum Gasteiger partial charge on any atom is -0.372 e. The third kappa shape index (κ3) is 4.21. The standard InChI is InChI=1S/C19H18F3N3O2/c1-10-7-14-15(8-11(10)2)25-18(27)16(24-14)9-17(26)23-13-5-3-12(4-6-13)19(20,21)22/h3-8,16,24H,9H2,1-2H3,(H,23,26)(H,25,27)/t16-/m1/s1. The van der Waals surface area contributed by atoms with Gasteiger partial charge in [0.05, 0.1) is 23.4 Å². The van der Waals surface area contributed by atoms with Gasteiger partial charge in [0, 0.05) is 5.69 Å². The highest BCUT2D eigenvalue weighted by atomic mass is 19.4. The van der Waals surface area contributed by atoms with Crippen molar-refractivity contribution in [1.29, 1.82) is 0 Å². The first kappa shape index (κ1) is 18.8. The Kier molecular flexibility index (Phi) is 4.82. The highest BCUT2D eigenvalue weighted by Crippen LogP contribution is 2.31. The summed E-state index contributed by atoms with van der Waals surface area (Å²) in [7, 11) is 0. The van der Waals surface area contributed by atoms with Crippen LogP contribution in [0.4, 0.5) is 30.2 Å². The van der Waals surface area contributed by atoms with Crippen molar-refractivity contribution in [2.75, 3.05) is 16.0 Å². The van der Waals surface area contributed by atoms with Gasteiger partial charge in [0.2, 0.25) is 11.8 Å². The van der Waals surface area contributed by atoms with Gasteiger partial charge in [0.15, 0.2) is 0 Å². The molecule has 0 saturated carbocycles. The molecule has 0 bridgehead atoms. The van der Waals surface area contributed by atoms with E-state index in [1.54, 1.807) is 0 Å². The molecule has 1 heterocycles. The molecule has 2 aromatic carbocycles. The Bertz CT molecular complexity index is 892. The monoisotopic (exact) mass is 377 g/mol. The summed E-state index contributed by atoms with van der Waals surface area (Å²) in [6, 6.07) is 7.12. The van der Waals surface area contributed by atoms with E-state index in [0.717, 1.165) is 28.9 Å². The molecule has 8 heteroatoms. The third-order valence-electron chi connectivity index (χ3n) is 4.42. The first-order valence-corrected chi connectivity index (χ1v) is 8.29. The molecule has 0 aliphatic carbocycles. The zero-order valence-corrected chi connectivity index (χ0v) is 14.7. The van der Waals surface area contributed by atoms with Gasteiger partial charge in [-0.3, -0.25) is 9.59 Å². The van der Waals surface area contributed by atoms with Crippen molar-refractivity contribution in [3.05, 3.63) is 53.1 Å². The van der Waals surface area contributed by atoms with Gasteiger partial charge in [0.25, 0.3) is 0 Å². The number of nitrogens with one attached hydrogen (secondary N) is 3. The molecular formula is C19H18F3N3O2. The Balaban J connectivity index is 1.65. The summed E-state index contributed by atoms with van der Waals surface area (Å²) < 4.78 is 37.7. The van der Waals surface area contributed by atoms with Crippen LogP contribution in [-0.2, 0) is 15.8 Å². The topological polar surface area (TPSA) is 70.2 Å². The summed E-state index contributed by atoms with van der Waals surface area (Å²) in [4.78, 5) is 24.4. The van der Waals surface area contributed by atoms with Crippen LogP contribution in [0.15, 0.2) is 36.4 Å². The van der Waals surface area contributed by atoms with E-state index in [-0.39, 0.29) is 18.0 Å². The molecule has 3 N–H and O–H groups in total. The number of anilines is 3. The molecule has 142 valence electrons. The average molecular weight is 377 g/mol. The molecule has 0 aromatic heterocycles. The Labute approximate surface area is 154 Å². The predicted molar refractivity (Wildman–Crippen MR) is 96.6 cm³/mol. The van der Waals surface area contributed by atoms with Gasteiger partial charge in [-0.2, -0.15) is 13.2 Å². The molecule has 0 fully saturated rings. The van der Waals surface area contributed by atoms with E-state index in [9.17, 15) is 22.8 Å². The van der Waals surface area contributed by atoms with Gasteiger partial charge in [-0.25, -0.2) is 0 Å². The first-order valence-electron chi connectivity index (χ1n) is 8.29. The number of carbonyl (C=O) groups excluding carboxylic acids is 2. The van der Waals surface area contributed by atoms with E-state index in [1.165, 1.54) is 12.1 Å². The number of aryl methyl sites for hydroxylation is 2. The van der Waals surface area contributed by atoms with Crippen LogP contribution in [0.25, 0.3) is 0 Å². The SMILES string of the molecule is Cc1cc2c(cc1C)N[C@H](CC(=O)Nc1ccc(C(F)(F)F)cc1)C(=O)N2. The number of carbonyl (C=O) groups is 2. The number of benzene rings is 2. The minimum absolute atomic E-state index is 0.154. The molecule has 1 atom stereocenters. The maximum absolute atomic E-state index is 12.6. The Morgan fingerprint density at radius 2 is 1.67 bits per heavy atom. The number of amides is 2. The molecule has 0 radical (unpaired) electrons. The van der Waals surface area contributed by atoms with Crippen LogP contribution in [0.1, 0.15) is 23.1 Å². The maximum Gasteiger partial charge on any atom is 0.416 e. The van der Waals surface area contributed by atoms with E-state index in [4.69, 9.17) is 0 Å². The second kappa shape index (κ2) is 6.94. The Morgan fingerprint density at radius 1 is 1.07 bits per heavy atom. The molecule has 0 saturated heterocycles. The summed E-state index contributed by atoms with van der Waals surface area (Å²) in [5.41, 5.74) is 2.90. The van der Waals surface area contributed by atoms with Gasteiger partial charge in [-0.05, 0) is 61.4 Å². The summed E-state index contributed by atoms with van der Waals surface area (Å²) >= 11 is 0. The minimum atomic E-state index is -4.43. The fourth-order valence-corrected chi connectivity index (χ4v) is 2.80. The summed E-state index contributed by atoms with van der Waals surface area (Å²) in [6.45, 7) is 3.88. The van der Waals surface area contributed by atoms with Gasteiger partial charge in [-0.15, -0.1) is 0 Å². The van der Waals surface area contributed by atoms with Gasteiger partial charge >= 0.3 is 6.18 Å². The van der Waals surface area contributed by atoms with Crippen LogP contribution < -0.4 is 16.0 Å². The Morgan fingerprint density at radius 3 is 2.26 bits per heavy atom. The van der Waals surface area contributed by atoms with Crippen LogP contribution in [-0.4, -0.2) is 17.9 Å². The number of hydrogen-bond acceptors (Lipinski definition) is 3. The molecule has 27 heavy (non-hydrogen) atoms. The first-order chi connectivity index (χ1) is 12.6. The predicted octanol–water partition coefficient (Wildman–Crippen LogP) is 4.08. The fraction of sp³-hybridized carbons (Fsp3) is 0.263. The van der Waals surface area contributed by atoms with Crippen LogP contribution >= 0.6 is 0 Å². The highest BCUT2D eigenvalue weighted by molar-refractivity contribution is 6.06. The zero-order chi connectivity index (χ0) is 19.8. The van der Waals surface area contributed by atoms with Crippen LogP contribution in [0.2, 0.25) is 0 Å². The average Bonchev–Trinajstić information content (AvgIpc) is 2.57. The maximum atomic E-state index is 12.6. The smallest absolute Gasteiger partial charge is 0.372 e. The largest absolute Gasteiger partial charge is 0.416 e. The molecule has 0 unspecified atom stereocenters. The molecule has 2 amide bonds. The lowest BCUT2D eigenvalue weighted by molar-refractivity contribution is -0.137. The summed E-state index contributed by atoms with van der Waals surface area (Å²) in [6.07, 6.45) is -4.59. The number of fused-ring (bicyclic) bond motifs is 1. The van der Waals surface area contributed by atoms with Gasteiger partial charge < -0.3 is 16.0 Å². The fourth-order valence-electron chi connectivity index (χ4n) is 2.80. The van der Waals surface area contributed by atoms with Crippen molar-refractivity contribution in [2.24, 2.45) is 0 Å². The number of alkyl halides is 3. The van der Waals surface area contributed by atoms with E-state index in [0.29, 0.717) is 5.69 Å². The lowest BCUT2D eigenvalue weighted by Crippen LogP contribution is -2.41. The summed E-state index contributed by atoms with van der Waals surface area (Å²) in [5.74, 6) is -0.817. The highest BCUT2D eigenvalue weighted by Gasteiger charge is 2.30. The van der Waals surface area contributed by atoms with Crippen molar-refractivity contribution in [3.8, 4) is 0 Å². The van der Waals surface area contributed by atoms with Crippen molar-refractivity contribution in [2.45, 2.75) is 32.5 Å². The van der Waals surface area contributed by atoms with E-state index in [2.05, 4.69) is 16.0 Å². The molecule has 1 aliphatic rings. The quantitative estimate of drug-likeness (QED) is 0.755. The molecule has 5 nitrogen and oxygen atoms in total. The lowest BCUT2D eigenvalue weighted by Gasteiger charge is -2.27. The van der Waals surface area contributed by atoms with Crippen molar-refractivity contribution < 1.29 is 22.8 Å². The molecule has 1 aliphatic heterocycles. The van der Waals surface area contributed by atoms with Crippen LogP contribution in [0.5, 0.6) is 0 Å². The van der Waals surface area contributed by atoms with Crippen LogP contribution in [0, 0.1) is 13.8 Å². The third-order valence-corrected chi connectivity index (χ3v) is 4.42. The van der Waals surface area contributed by atoms with Gasteiger partial charge in [0.1, 0.15) is 6.04 Å². The molecule has 2 aromatic rings. The lowest BCUT2D eigenvalue weighted by atomic mass is 10.0. The van der Waals surface area contributed by atoms with Crippen molar-refractivity contribution in [3.63, 3.8) is 0 Å². The normalized spacial score (nSPS) is 16.2. The second-order valence-corrected chi connectivity index (χ2v) is 6.50. The van der Waals surface area contributed by atoms with Crippen molar-refractivity contribution >= 4 is 28.9 Å². The van der Waals surface area contributed by atoms with E-state index in [1.807, 2.05) is 26.0 Å². The number of halogens is 3. The van der Waals surface area contributed by atoms with Gasteiger partial charge in [-0.1, -0.05) is 0 Å². The van der Waals surface area contributed by atoms with Crippen LogP contribution in [0.3, 0.4) is 0 Å². The number of rotatable bonds is 3. The molecule has 0 spiro atoms. The Hall–Kier alpha value is -3.03. The van der Waals surface area contributed by atoms with E-state index >= 15 is 0 Å². The second-order valence-electron chi connectivity index (χ2n) is 6.50. The summed E-state index contributed by atoms with van der Waals surface area (Å²) in [5, 5.41) is 8.31. The molecule has 3 rings (SSSR count). The zero-order valence-electron chi connectivity index (χ0n) is 14.7. The van der Waals surface area contributed by atoms with Crippen molar-refractivity contribution in [1.82, 2.24) is 0 Å². The van der Waals surface area contributed by atoms with E-state index < -0.39 is 23.7 Å². The molecular weight excluding hydrogens is 359 g/mol.